The van der Waals surface area contributed by atoms with E-state index in [1.807, 2.05) is 29.6 Å². The summed E-state index contributed by atoms with van der Waals surface area (Å²) in [5, 5.41) is 5.14. The number of rotatable bonds is 4. The number of thiazole rings is 1. The Bertz CT molecular complexity index is 865. The third-order valence-corrected chi connectivity index (χ3v) is 6.82. The van der Waals surface area contributed by atoms with Crippen LogP contribution in [0.2, 0.25) is 0 Å². The normalized spacial score (nSPS) is 18.9. The molecule has 1 N–H and O–H groups in total. The number of amides is 1. The molecule has 0 radical (unpaired) electrons. The fourth-order valence-corrected chi connectivity index (χ4v) is 5.04. The molecule has 9 heteroatoms. The lowest BCUT2D eigenvalue weighted by Crippen LogP contribution is -2.49. The van der Waals surface area contributed by atoms with Crippen LogP contribution in [-0.2, 0) is 14.8 Å². The summed E-state index contributed by atoms with van der Waals surface area (Å²) >= 11 is 3.58. The van der Waals surface area contributed by atoms with E-state index in [1.165, 1.54) is 15.6 Å². The maximum atomic E-state index is 12.6. The number of benzene rings is 1. The number of halogens is 1. The van der Waals surface area contributed by atoms with Crippen molar-refractivity contribution >= 4 is 55.0 Å². The topological polar surface area (TPSA) is 79.4 Å². The molecule has 1 aliphatic rings. The van der Waals surface area contributed by atoms with E-state index in [0.29, 0.717) is 18.1 Å². The number of hydrogen-bond acceptors (Lipinski definition) is 5. The van der Waals surface area contributed by atoms with Crippen LogP contribution in [0, 0.1) is 3.57 Å². The Balaban J connectivity index is 1.73. The largest absolute Gasteiger partial charge is 0.301 e. The summed E-state index contributed by atoms with van der Waals surface area (Å²) in [6.07, 6.45) is 3.31. The van der Waals surface area contributed by atoms with E-state index < -0.39 is 16.1 Å². The first-order valence-electron chi connectivity index (χ1n) is 7.84. The number of carbonyl (C=O) groups excluding carboxylic acids is 1. The molecule has 1 aliphatic heterocycles. The number of aromatic nitrogens is 1. The number of piperidine rings is 1. The zero-order valence-corrected chi connectivity index (χ0v) is 17.4. The van der Waals surface area contributed by atoms with Gasteiger partial charge in [-0.25, -0.2) is 13.4 Å². The SMILES string of the molecule is CS(=O)(=O)N1CCCCC1C(=O)Nc1nc(-c2ccc(I)cc2)cs1. The molecule has 1 aromatic carbocycles. The average Bonchev–Trinajstić information content (AvgIpc) is 3.03. The van der Waals surface area contributed by atoms with Gasteiger partial charge in [-0.05, 0) is 47.6 Å². The Morgan fingerprint density at radius 1 is 1.32 bits per heavy atom. The number of nitrogens with zero attached hydrogens (tertiary/aromatic N) is 2. The Labute approximate surface area is 164 Å². The van der Waals surface area contributed by atoms with Gasteiger partial charge in [0.05, 0.1) is 11.9 Å². The third-order valence-electron chi connectivity index (χ3n) is 4.06. The lowest BCUT2D eigenvalue weighted by molar-refractivity contribution is -0.120. The van der Waals surface area contributed by atoms with E-state index in [2.05, 4.69) is 32.9 Å². The second-order valence-corrected chi connectivity index (χ2v) is 9.96. The van der Waals surface area contributed by atoms with Crippen molar-refractivity contribution in [2.24, 2.45) is 0 Å². The quantitative estimate of drug-likeness (QED) is 0.667. The fourth-order valence-electron chi connectivity index (χ4n) is 2.84. The van der Waals surface area contributed by atoms with Gasteiger partial charge in [0.1, 0.15) is 6.04 Å². The van der Waals surface area contributed by atoms with Crippen LogP contribution in [-0.4, -0.2) is 42.5 Å². The fraction of sp³-hybridized carbons (Fsp3) is 0.375. The molecule has 134 valence electrons. The summed E-state index contributed by atoms with van der Waals surface area (Å²) in [6, 6.07) is 7.30. The molecule has 0 spiro atoms. The smallest absolute Gasteiger partial charge is 0.244 e. The molecule has 0 saturated carbocycles. The van der Waals surface area contributed by atoms with E-state index >= 15 is 0 Å². The van der Waals surface area contributed by atoms with E-state index in [9.17, 15) is 13.2 Å². The van der Waals surface area contributed by atoms with E-state index in [4.69, 9.17) is 0 Å². The van der Waals surface area contributed by atoms with Gasteiger partial charge >= 0.3 is 0 Å². The maximum absolute atomic E-state index is 12.6. The highest BCUT2D eigenvalue weighted by atomic mass is 127. The summed E-state index contributed by atoms with van der Waals surface area (Å²) in [5.41, 5.74) is 1.77. The summed E-state index contributed by atoms with van der Waals surface area (Å²) in [5.74, 6) is -0.311. The highest BCUT2D eigenvalue weighted by Gasteiger charge is 2.34. The summed E-state index contributed by atoms with van der Waals surface area (Å²) in [4.78, 5) is 17.0. The van der Waals surface area contributed by atoms with Crippen LogP contribution < -0.4 is 5.32 Å². The van der Waals surface area contributed by atoms with Crippen molar-refractivity contribution in [3.8, 4) is 11.3 Å². The number of carbonyl (C=O) groups is 1. The molecule has 1 saturated heterocycles. The average molecular weight is 491 g/mol. The molecule has 1 amide bonds. The first-order valence-corrected chi connectivity index (χ1v) is 11.6. The van der Waals surface area contributed by atoms with Gasteiger partial charge in [-0.1, -0.05) is 18.6 Å². The summed E-state index contributed by atoms with van der Waals surface area (Å²) in [7, 11) is -3.40. The first-order chi connectivity index (χ1) is 11.8. The van der Waals surface area contributed by atoms with Crippen molar-refractivity contribution < 1.29 is 13.2 Å². The van der Waals surface area contributed by atoms with Crippen LogP contribution in [0.25, 0.3) is 11.3 Å². The van der Waals surface area contributed by atoms with E-state index in [-0.39, 0.29) is 5.91 Å². The Morgan fingerprint density at radius 2 is 2.04 bits per heavy atom. The predicted molar refractivity (Wildman–Crippen MR) is 108 cm³/mol. The lowest BCUT2D eigenvalue weighted by atomic mass is 10.0. The molecule has 1 aromatic heterocycles. The van der Waals surface area contributed by atoms with Crippen molar-refractivity contribution in [1.29, 1.82) is 0 Å². The highest BCUT2D eigenvalue weighted by Crippen LogP contribution is 2.27. The van der Waals surface area contributed by atoms with Crippen molar-refractivity contribution in [3.05, 3.63) is 33.2 Å². The number of anilines is 1. The number of hydrogen-bond donors (Lipinski definition) is 1. The van der Waals surface area contributed by atoms with Gasteiger partial charge in [-0.15, -0.1) is 11.3 Å². The van der Waals surface area contributed by atoms with Gasteiger partial charge in [0.25, 0.3) is 0 Å². The van der Waals surface area contributed by atoms with Crippen LogP contribution >= 0.6 is 33.9 Å². The van der Waals surface area contributed by atoms with Crippen LogP contribution in [0.15, 0.2) is 29.6 Å². The molecule has 0 bridgehead atoms. The van der Waals surface area contributed by atoms with Crippen LogP contribution in [0.1, 0.15) is 19.3 Å². The second-order valence-electron chi connectivity index (χ2n) is 5.92. The Morgan fingerprint density at radius 3 is 2.72 bits per heavy atom. The molecule has 1 unspecified atom stereocenters. The molecule has 0 aliphatic carbocycles. The van der Waals surface area contributed by atoms with Gasteiger partial charge in [0.15, 0.2) is 5.13 Å². The van der Waals surface area contributed by atoms with Gasteiger partial charge in [-0.2, -0.15) is 4.31 Å². The molecule has 2 aromatic rings. The minimum atomic E-state index is -3.40. The van der Waals surface area contributed by atoms with Crippen LogP contribution in [0.4, 0.5) is 5.13 Å². The molecular weight excluding hydrogens is 473 g/mol. The molecule has 1 atom stereocenters. The van der Waals surface area contributed by atoms with Crippen LogP contribution in [0.5, 0.6) is 0 Å². The molecule has 3 rings (SSSR count). The molecule has 2 heterocycles. The molecule has 6 nitrogen and oxygen atoms in total. The number of nitrogens with one attached hydrogen (secondary N) is 1. The molecule has 1 fully saturated rings. The van der Waals surface area contributed by atoms with E-state index in [0.717, 1.165) is 33.9 Å². The van der Waals surface area contributed by atoms with Gasteiger partial charge in [0, 0.05) is 21.1 Å². The lowest BCUT2D eigenvalue weighted by Gasteiger charge is -2.32. The van der Waals surface area contributed by atoms with Crippen molar-refractivity contribution in [2.45, 2.75) is 25.3 Å². The standard InChI is InChI=1S/C16H18IN3O3S2/c1-25(22,23)20-9-3-2-4-14(20)15(21)19-16-18-13(10-24-16)11-5-7-12(17)8-6-11/h5-8,10,14H,2-4,9H2,1H3,(H,18,19,21). The molecular formula is C16H18IN3O3S2. The summed E-state index contributed by atoms with van der Waals surface area (Å²) < 4.78 is 26.2. The minimum Gasteiger partial charge on any atom is -0.301 e. The Kier molecular flexibility index (Phi) is 5.76. The van der Waals surface area contributed by atoms with Gasteiger partial charge in [0.2, 0.25) is 15.9 Å². The third kappa shape index (κ3) is 4.57. The van der Waals surface area contributed by atoms with Gasteiger partial charge < -0.3 is 5.32 Å². The number of sulfonamides is 1. The second kappa shape index (κ2) is 7.68. The highest BCUT2D eigenvalue weighted by molar-refractivity contribution is 14.1. The monoisotopic (exact) mass is 491 g/mol. The van der Waals surface area contributed by atoms with Gasteiger partial charge in [-0.3, -0.25) is 4.79 Å². The molecule has 25 heavy (non-hydrogen) atoms. The van der Waals surface area contributed by atoms with Crippen molar-refractivity contribution in [2.75, 3.05) is 18.1 Å². The minimum absolute atomic E-state index is 0.311. The zero-order valence-electron chi connectivity index (χ0n) is 13.6. The maximum Gasteiger partial charge on any atom is 0.244 e. The van der Waals surface area contributed by atoms with Crippen molar-refractivity contribution in [1.82, 2.24) is 9.29 Å². The predicted octanol–water partition coefficient (Wildman–Crippen LogP) is 3.17. The van der Waals surface area contributed by atoms with E-state index in [1.54, 1.807) is 0 Å². The first kappa shape index (κ1) is 18.7. The van der Waals surface area contributed by atoms with Crippen molar-refractivity contribution in [3.63, 3.8) is 0 Å². The zero-order chi connectivity index (χ0) is 18.0. The van der Waals surface area contributed by atoms with Crippen LogP contribution in [0.3, 0.4) is 0 Å². The Hall–Kier alpha value is -1.04. The summed E-state index contributed by atoms with van der Waals surface area (Å²) in [6.45, 7) is 0.392.